The summed E-state index contributed by atoms with van der Waals surface area (Å²) in [6.45, 7) is 12.8. The van der Waals surface area contributed by atoms with Gasteiger partial charge >= 0.3 is 435 Å². The number of unbranched alkanes of at least 4 members (excludes halogenated alkanes) is 32. The molecule has 2 aromatic carbocycles. The van der Waals surface area contributed by atoms with Gasteiger partial charge in [-0.3, -0.25) is 0 Å². The second-order valence-corrected chi connectivity index (χ2v) is 37.2. The van der Waals surface area contributed by atoms with E-state index >= 15 is 0 Å². The van der Waals surface area contributed by atoms with Gasteiger partial charge in [-0.15, -0.1) is 0 Å². The number of carbonyl (C=O) groups excluding carboxylic acids is 2. The molecule has 2 rings (SSSR count). The van der Waals surface area contributed by atoms with E-state index in [1.54, 1.807) is 11.8 Å². The van der Waals surface area contributed by atoms with Crippen LogP contribution in [0.3, 0.4) is 0 Å². The van der Waals surface area contributed by atoms with E-state index in [1.165, 1.54) is 180 Å². The van der Waals surface area contributed by atoms with Crippen molar-refractivity contribution >= 4 is 37.4 Å². The Bertz CT molecular complexity index is 1550. The molecule has 77 heavy (non-hydrogen) atoms. The third kappa shape index (κ3) is 29.9. The molecule has 2 aromatic rings. The molecule has 0 aliphatic rings. The first-order valence-corrected chi connectivity index (χ1v) is 40.5. The van der Waals surface area contributed by atoms with E-state index in [2.05, 4.69) is 79.7 Å². The fourth-order valence-corrected chi connectivity index (χ4v) is 26.6. The molecule has 448 valence electrons. The van der Waals surface area contributed by atoms with E-state index in [-0.39, 0.29) is 11.9 Å². The number of rotatable bonds is 54. The van der Waals surface area contributed by atoms with Crippen molar-refractivity contribution in [3.8, 4) is 0 Å². The summed E-state index contributed by atoms with van der Waals surface area (Å²) in [4.78, 5) is 31.2. The van der Waals surface area contributed by atoms with Crippen LogP contribution in [0.15, 0.2) is 58.3 Å². The van der Waals surface area contributed by atoms with Gasteiger partial charge in [-0.2, -0.15) is 0 Å². The van der Waals surface area contributed by atoms with Crippen LogP contribution >= 0.6 is 25.4 Å². The molecule has 0 bridgehead atoms. The maximum absolute atomic E-state index is 14.5. The van der Waals surface area contributed by atoms with Crippen LogP contribution in [0.2, 0.25) is 0 Å². The van der Waals surface area contributed by atoms with Gasteiger partial charge in [0.25, 0.3) is 0 Å². The first-order chi connectivity index (χ1) is 37.5. The number of hydrogen-bond donors (Lipinski definition) is 0. The molecule has 0 aromatic heterocycles. The molecule has 0 fully saturated rings. The van der Waals surface area contributed by atoms with Gasteiger partial charge in [-0.25, -0.2) is 0 Å². The summed E-state index contributed by atoms with van der Waals surface area (Å²) in [5.74, 6) is -0.205. The monoisotopic (exact) mass is 1130 g/mol. The van der Waals surface area contributed by atoms with Gasteiger partial charge in [-0.1, -0.05) is 52.4 Å². The summed E-state index contributed by atoms with van der Waals surface area (Å²) in [6, 6.07) is 16.3. The minimum atomic E-state index is -2.81. The average molecular weight is 1130 g/mol. The minimum absolute atomic E-state index is 0.103. The predicted molar refractivity (Wildman–Crippen MR) is 351 cm³/mol. The van der Waals surface area contributed by atoms with Crippen molar-refractivity contribution in [2.45, 2.75) is 322 Å². The van der Waals surface area contributed by atoms with E-state index in [9.17, 15) is 9.59 Å². The van der Waals surface area contributed by atoms with E-state index in [0.717, 1.165) is 136 Å². The second-order valence-electron chi connectivity index (χ2n) is 24.7. The summed E-state index contributed by atoms with van der Waals surface area (Å²) in [5, 5.41) is 0. The van der Waals surface area contributed by atoms with Crippen molar-refractivity contribution in [1.29, 1.82) is 0 Å². The van der Waals surface area contributed by atoms with Crippen LogP contribution in [0.4, 0.5) is 0 Å². The zero-order valence-corrected chi connectivity index (χ0v) is 55.1. The SMILES string of the molecule is CCCCCCCCCCCCCCCCP(CCCC)(CCCC)(CCCC)OC(=O)c1ccc(Sc2ccc(C(=O)OP(CCCC)(CCCC)(CCCC)CCCCCCCCCCCCCCCC)cc2)cc1. The molecular formula is C70H128O4P2S. The molecule has 0 unspecified atom stereocenters. The van der Waals surface area contributed by atoms with Gasteiger partial charge in [0, 0.05) is 0 Å². The fraction of sp³-hybridized carbons (Fsp3) is 0.800. The fourth-order valence-electron chi connectivity index (χ4n) is 12.5. The molecular weight excluding hydrogens is 999 g/mol. The molecule has 0 aliphatic carbocycles. The molecule has 0 N–H and O–H groups in total. The summed E-state index contributed by atoms with van der Waals surface area (Å²) in [5.41, 5.74) is 1.35. The van der Waals surface area contributed by atoms with Gasteiger partial charge in [-0.05, 0) is 0 Å². The number of carbonyl (C=O) groups is 2. The van der Waals surface area contributed by atoms with Crippen molar-refractivity contribution in [2.75, 3.05) is 49.3 Å². The van der Waals surface area contributed by atoms with Crippen LogP contribution < -0.4 is 0 Å². The molecule has 0 spiro atoms. The third-order valence-corrected chi connectivity index (χ3v) is 31.7. The van der Waals surface area contributed by atoms with Gasteiger partial charge in [0.05, 0.1) is 0 Å². The van der Waals surface area contributed by atoms with Crippen LogP contribution in [-0.2, 0) is 9.05 Å². The van der Waals surface area contributed by atoms with Crippen LogP contribution in [-0.4, -0.2) is 61.2 Å². The van der Waals surface area contributed by atoms with Crippen LogP contribution in [0.1, 0.15) is 333 Å². The standard InChI is InChI=1S/C70H128O4P2S/c1-9-17-25-27-29-31-33-35-37-39-41-43-45-47-63-75(57-19-11-3,58-20-12-4,59-21-13-5)73-69(71)65-49-53-67(54-50-65)77-68-55-51-66(52-56-68)70(72)74-76(60-22-14-6,61-23-15-7,62-24-16-8)64-48-46-44-42-40-38-36-34-32-30-28-26-18-10-2/h49-56H,9-48,57-64H2,1-8H3. The van der Waals surface area contributed by atoms with E-state index < -0.39 is 13.7 Å². The van der Waals surface area contributed by atoms with Gasteiger partial charge in [0.1, 0.15) is 0 Å². The third-order valence-electron chi connectivity index (χ3n) is 17.7. The van der Waals surface area contributed by atoms with E-state index in [0.29, 0.717) is 11.1 Å². The Balaban J connectivity index is 2.15. The first-order valence-electron chi connectivity index (χ1n) is 33.9. The van der Waals surface area contributed by atoms with Gasteiger partial charge in [0.2, 0.25) is 0 Å². The summed E-state index contributed by atoms with van der Waals surface area (Å²) in [6.07, 6.45) is 60.5. The Kier molecular flexibility index (Phi) is 41.2. The molecule has 0 saturated carbocycles. The Hall–Kier alpha value is -1.41. The summed E-state index contributed by atoms with van der Waals surface area (Å²) >= 11 is 1.69. The van der Waals surface area contributed by atoms with Crippen molar-refractivity contribution in [2.24, 2.45) is 0 Å². The molecule has 0 saturated heterocycles. The van der Waals surface area contributed by atoms with Crippen LogP contribution in [0.5, 0.6) is 0 Å². The molecule has 4 nitrogen and oxygen atoms in total. The van der Waals surface area contributed by atoms with Crippen LogP contribution in [0, 0.1) is 0 Å². The van der Waals surface area contributed by atoms with Crippen molar-refractivity contribution < 1.29 is 18.6 Å². The summed E-state index contributed by atoms with van der Waals surface area (Å²) < 4.78 is 14.5. The second kappa shape index (κ2) is 44.2. The molecule has 0 heterocycles. The number of hydrogen-bond acceptors (Lipinski definition) is 5. The molecule has 7 heteroatoms. The van der Waals surface area contributed by atoms with E-state index in [1.807, 2.05) is 24.3 Å². The predicted octanol–water partition coefficient (Wildman–Crippen LogP) is 24.9. The Labute approximate surface area is 484 Å². The quantitative estimate of drug-likeness (QED) is 0.0488. The molecule has 0 amide bonds. The average Bonchev–Trinajstić information content (AvgIpc) is 3.49. The first kappa shape index (κ1) is 71.7. The van der Waals surface area contributed by atoms with Crippen molar-refractivity contribution in [3.63, 3.8) is 0 Å². The molecule has 0 aliphatic heterocycles. The van der Waals surface area contributed by atoms with Crippen molar-refractivity contribution in [3.05, 3.63) is 59.7 Å². The molecule has 0 atom stereocenters. The Morgan fingerprint density at radius 1 is 0.273 bits per heavy atom. The molecule has 0 radical (unpaired) electrons. The van der Waals surface area contributed by atoms with Gasteiger partial charge < -0.3 is 0 Å². The zero-order chi connectivity index (χ0) is 56.1. The van der Waals surface area contributed by atoms with Gasteiger partial charge in [0.15, 0.2) is 0 Å². The summed E-state index contributed by atoms with van der Waals surface area (Å²) in [7, 11) is 0. The van der Waals surface area contributed by atoms with Crippen molar-refractivity contribution in [1.82, 2.24) is 0 Å². The van der Waals surface area contributed by atoms with Crippen LogP contribution in [0.25, 0.3) is 0 Å². The zero-order valence-electron chi connectivity index (χ0n) is 52.5. The Morgan fingerprint density at radius 3 is 0.662 bits per heavy atom. The topological polar surface area (TPSA) is 52.6 Å². The number of benzene rings is 2. The Morgan fingerprint density at radius 2 is 0.455 bits per heavy atom. The maximum atomic E-state index is 14.5. The van der Waals surface area contributed by atoms with E-state index in [4.69, 9.17) is 9.05 Å². The normalized spacial score (nSPS) is 13.0.